The van der Waals surface area contributed by atoms with E-state index in [0.717, 1.165) is 31.2 Å². The summed E-state index contributed by atoms with van der Waals surface area (Å²) in [5.41, 5.74) is 0.837. The van der Waals surface area contributed by atoms with Crippen molar-refractivity contribution in [2.75, 3.05) is 26.4 Å². The highest BCUT2D eigenvalue weighted by Crippen LogP contribution is 2.75. The Balaban J connectivity index is 1.26. The van der Waals surface area contributed by atoms with Gasteiger partial charge in [0.05, 0.1) is 25.7 Å². The number of ether oxygens (including phenoxy) is 3. The monoisotopic (exact) mass is 730 g/mol. The van der Waals surface area contributed by atoms with E-state index in [1.165, 1.54) is 12.5 Å². The summed E-state index contributed by atoms with van der Waals surface area (Å²) in [5.74, 6) is 0.0989. The molecular weight excluding hydrogens is 668 g/mol. The molecule has 290 valence electrons. The molecule has 1 unspecified atom stereocenters. The lowest BCUT2D eigenvalue weighted by Gasteiger charge is -2.71. The molecule has 10 nitrogen and oxygen atoms in total. The number of nitrogens with zero attached hydrogens (tertiary/aromatic N) is 2. The molecule has 1 heterocycles. The fraction of sp³-hybridized carbons (Fsp3) is 0.721. The number of carbonyl (C=O) groups is 2. The predicted octanol–water partition coefficient (Wildman–Crippen LogP) is 7.11. The molecule has 5 aliphatic rings. The van der Waals surface area contributed by atoms with Crippen molar-refractivity contribution in [2.45, 2.75) is 113 Å². The van der Waals surface area contributed by atoms with Crippen molar-refractivity contribution in [3.8, 4) is 6.19 Å². The van der Waals surface area contributed by atoms with Gasteiger partial charge in [0.2, 0.25) is 12.2 Å². The van der Waals surface area contributed by atoms with Crippen molar-refractivity contribution in [3.05, 3.63) is 47.5 Å². The van der Waals surface area contributed by atoms with Crippen LogP contribution in [0.4, 0.5) is 0 Å². The van der Waals surface area contributed by atoms with Crippen LogP contribution in [-0.4, -0.2) is 61.6 Å². The Hall–Kier alpha value is -3.42. The van der Waals surface area contributed by atoms with E-state index in [9.17, 15) is 20.0 Å². The van der Waals surface area contributed by atoms with E-state index in [1.807, 2.05) is 36.5 Å². The second-order valence-electron chi connectivity index (χ2n) is 18.3. The minimum absolute atomic E-state index is 0.197. The second kappa shape index (κ2) is 14.7. The van der Waals surface area contributed by atoms with E-state index in [-0.39, 0.29) is 46.1 Å². The van der Waals surface area contributed by atoms with E-state index >= 15 is 0 Å². The average molecular weight is 731 g/mol. The van der Waals surface area contributed by atoms with Gasteiger partial charge < -0.3 is 30.0 Å². The van der Waals surface area contributed by atoms with Gasteiger partial charge in [0.15, 0.2) is 0 Å². The Bertz CT molecular complexity index is 1640. The van der Waals surface area contributed by atoms with Crippen molar-refractivity contribution >= 4 is 17.9 Å². The number of hydrogen-bond donors (Lipinski definition) is 3. The molecule has 6 rings (SSSR count). The van der Waals surface area contributed by atoms with Crippen LogP contribution in [0.2, 0.25) is 0 Å². The van der Waals surface area contributed by atoms with E-state index in [1.54, 1.807) is 0 Å². The van der Waals surface area contributed by atoms with Crippen LogP contribution in [0.5, 0.6) is 0 Å². The van der Waals surface area contributed by atoms with Crippen molar-refractivity contribution in [1.82, 2.24) is 10.6 Å². The molecule has 4 fully saturated rings. The molecule has 0 radical (unpaired) electrons. The maximum atomic E-state index is 13.4. The Kier molecular flexibility index (Phi) is 10.9. The number of esters is 1. The normalized spacial score (nSPS) is 39.7. The number of carboxylic acid groups (broad SMARTS) is 1. The van der Waals surface area contributed by atoms with Gasteiger partial charge in [0.25, 0.3) is 0 Å². The quantitative estimate of drug-likeness (QED) is 0.0574. The van der Waals surface area contributed by atoms with Gasteiger partial charge in [0, 0.05) is 30.8 Å². The highest BCUT2D eigenvalue weighted by atomic mass is 16.6. The van der Waals surface area contributed by atoms with Crippen molar-refractivity contribution < 1.29 is 28.9 Å². The largest absolute Gasteiger partial charge is 0.481 e. The molecule has 4 aliphatic carbocycles. The number of allylic oxidation sites excluding steroid dienone is 1. The Morgan fingerprint density at radius 3 is 2.45 bits per heavy atom. The number of guanidine groups is 1. The molecule has 1 aromatic carbocycles. The predicted molar refractivity (Wildman–Crippen MR) is 203 cm³/mol. The number of carboxylic acids is 1. The second-order valence-corrected chi connectivity index (χ2v) is 18.3. The Morgan fingerprint density at radius 2 is 1.79 bits per heavy atom. The molecule has 0 amide bonds. The summed E-state index contributed by atoms with van der Waals surface area (Å²) in [6, 6.07) is 9.91. The summed E-state index contributed by atoms with van der Waals surface area (Å²) < 4.78 is 19.5. The van der Waals surface area contributed by atoms with Gasteiger partial charge in [-0.1, -0.05) is 90.4 Å². The number of benzene rings is 1. The van der Waals surface area contributed by atoms with Crippen LogP contribution in [0.15, 0.2) is 47.0 Å². The number of carbonyl (C=O) groups excluding carboxylic acids is 1. The van der Waals surface area contributed by atoms with Crippen LogP contribution in [0.25, 0.3) is 0 Å². The summed E-state index contributed by atoms with van der Waals surface area (Å²) >= 11 is 0. The van der Waals surface area contributed by atoms with Crippen LogP contribution >= 0.6 is 0 Å². The Morgan fingerprint density at radius 1 is 1.06 bits per heavy atom. The number of aliphatic imine (C=N–C) groups is 1. The third-order valence-corrected chi connectivity index (χ3v) is 15.5. The van der Waals surface area contributed by atoms with Gasteiger partial charge in [-0.05, 0) is 84.0 Å². The molecule has 53 heavy (non-hydrogen) atoms. The number of rotatable bonds is 10. The molecule has 0 spiro atoms. The molecule has 1 saturated heterocycles. The van der Waals surface area contributed by atoms with E-state index in [2.05, 4.69) is 70.2 Å². The fourth-order valence-electron chi connectivity index (χ4n) is 12.5. The molecule has 1 aliphatic heterocycles. The summed E-state index contributed by atoms with van der Waals surface area (Å²) in [4.78, 5) is 30.0. The maximum absolute atomic E-state index is 13.4. The zero-order valence-corrected chi connectivity index (χ0v) is 33.2. The standard InChI is InChI=1S/C43H62N4O6/c1-27(2)28(3)39(5)18-19-41(7)31-14-15-34-40(6)24-51-25-43(34,32(31)16-17-42(41,8)35(39)37(49)50)22-33(53-29(4)48)36(40)52-21-20-45-38(47-26-44)46-23-30-12-10-9-11-13-30/h9-13,16,27-28,31,33-36H,14-15,17-25H2,1-8H3,(H,49,50)(H2,45,46,47)/t28-,31+,33-,34?,35-,36+,39-,40+,41-,42+,43+/m1/s1. The molecule has 0 aromatic heterocycles. The number of fused-ring (bicyclic) bond motifs is 3. The van der Waals surface area contributed by atoms with Gasteiger partial charge in [-0.15, -0.1) is 4.99 Å². The molecule has 3 saturated carbocycles. The lowest BCUT2D eigenvalue weighted by molar-refractivity contribution is -0.266. The Labute approximate surface area is 316 Å². The topological polar surface area (TPSA) is 142 Å². The molecule has 1 aromatic rings. The highest BCUT2D eigenvalue weighted by molar-refractivity contribution is 5.80. The number of nitriles is 1. The number of nitrogens with one attached hydrogen (secondary N) is 2. The van der Waals surface area contributed by atoms with Crippen LogP contribution in [0.1, 0.15) is 99.5 Å². The maximum Gasteiger partial charge on any atom is 0.307 e. The third-order valence-electron chi connectivity index (χ3n) is 15.5. The minimum Gasteiger partial charge on any atom is -0.481 e. The van der Waals surface area contributed by atoms with Gasteiger partial charge in [-0.2, -0.15) is 5.26 Å². The van der Waals surface area contributed by atoms with E-state index in [4.69, 9.17) is 14.2 Å². The SMILES string of the molecule is CC(=O)O[C@@H]1C[C@@]23COC[C@@](C)(C2CC[C@H]2C3=CC[C@@]3(C)[C@H](C(=O)O)[C@@](C)([C@H](C)C(C)C)CC[C@]23C)[C@H]1OCCN/C(=N\C#N)NCc1ccccc1. The van der Waals surface area contributed by atoms with Gasteiger partial charge in [-0.3, -0.25) is 9.59 Å². The number of hydrogen-bond acceptors (Lipinski definition) is 7. The van der Waals surface area contributed by atoms with Gasteiger partial charge >= 0.3 is 11.9 Å². The highest BCUT2D eigenvalue weighted by Gasteiger charge is 2.72. The van der Waals surface area contributed by atoms with E-state index in [0.29, 0.717) is 57.6 Å². The summed E-state index contributed by atoms with van der Waals surface area (Å²) in [6.45, 7) is 19.7. The summed E-state index contributed by atoms with van der Waals surface area (Å²) in [5, 5.41) is 26.7. The summed E-state index contributed by atoms with van der Waals surface area (Å²) in [7, 11) is 0. The first-order chi connectivity index (χ1) is 25.1. The van der Waals surface area contributed by atoms with Gasteiger partial charge in [-0.25, -0.2) is 0 Å². The smallest absolute Gasteiger partial charge is 0.307 e. The lowest BCUT2D eigenvalue weighted by atomic mass is 9.34. The van der Waals surface area contributed by atoms with Crippen LogP contribution in [-0.2, 0) is 30.3 Å². The lowest BCUT2D eigenvalue weighted by Crippen LogP contribution is -2.70. The van der Waals surface area contributed by atoms with Gasteiger partial charge in [0.1, 0.15) is 12.2 Å². The first kappa shape index (κ1) is 39.3. The number of aliphatic carboxylic acids is 1. The molecule has 11 atom stereocenters. The molecule has 2 bridgehead atoms. The first-order valence-corrected chi connectivity index (χ1v) is 19.9. The van der Waals surface area contributed by atoms with Crippen molar-refractivity contribution in [3.63, 3.8) is 0 Å². The van der Waals surface area contributed by atoms with Crippen molar-refractivity contribution in [1.29, 1.82) is 5.26 Å². The molecule has 10 heteroatoms. The van der Waals surface area contributed by atoms with Crippen molar-refractivity contribution in [2.24, 2.45) is 61.7 Å². The average Bonchev–Trinajstić information content (AvgIpc) is 3.10. The van der Waals surface area contributed by atoms with Crippen LogP contribution in [0, 0.1) is 68.1 Å². The van der Waals surface area contributed by atoms with E-state index < -0.39 is 28.8 Å². The molecular formula is C43H62N4O6. The molecule has 3 N–H and O–H groups in total. The fourth-order valence-corrected chi connectivity index (χ4v) is 12.5. The minimum atomic E-state index is -0.661. The third kappa shape index (κ3) is 6.48. The zero-order chi connectivity index (χ0) is 38.4. The van der Waals surface area contributed by atoms with Crippen LogP contribution in [0.3, 0.4) is 0 Å². The van der Waals surface area contributed by atoms with Crippen LogP contribution < -0.4 is 10.6 Å². The first-order valence-electron chi connectivity index (χ1n) is 19.9. The summed E-state index contributed by atoms with van der Waals surface area (Å²) in [6.07, 6.45) is 8.64. The zero-order valence-electron chi connectivity index (χ0n) is 33.2.